The van der Waals surface area contributed by atoms with Gasteiger partial charge in [-0.15, -0.1) is 0 Å². The molecule has 8 heteroatoms. The fourth-order valence-corrected chi connectivity index (χ4v) is 3.49. The molecular formula is C21H17ClN4O3. The second kappa shape index (κ2) is 6.92. The molecule has 1 aromatic heterocycles. The molecule has 3 N–H and O–H groups in total. The van der Waals surface area contributed by atoms with Gasteiger partial charge in [-0.3, -0.25) is 9.59 Å². The van der Waals surface area contributed by atoms with Gasteiger partial charge in [0.1, 0.15) is 0 Å². The molecule has 2 heterocycles. The van der Waals surface area contributed by atoms with Crippen LogP contribution < -0.4 is 5.73 Å². The molecule has 0 bridgehead atoms. The van der Waals surface area contributed by atoms with Gasteiger partial charge in [0, 0.05) is 36.0 Å². The third kappa shape index (κ3) is 3.33. The lowest BCUT2D eigenvalue weighted by Gasteiger charge is -2.13. The molecule has 2 aromatic carbocycles. The van der Waals surface area contributed by atoms with Crippen LogP contribution in [0, 0.1) is 11.8 Å². The number of hydrogen-bond donors (Lipinski definition) is 2. The second-order valence-corrected chi connectivity index (χ2v) is 7.36. The van der Waals surface area contributed by atoms with E-state index < -0.39 is 17.4 Å². The van der Waals surface area contributed by atoms with Crippen LogP contribution in [0.3, 0.4) is 0 Å². The van der Waals surface area contributed by atoms with Gasteiger partial charge in [-0.1, -0.05) is 29.5 Å². The molecule has 0 unspecified atom stereocenters. The molecule has 29 heavy (non-hydrogen) atoms. The van der Waals surface area contributed by atoms with Crippen molar-refractivity contribution in [2.24, 2.45) is 5.73 Å². The second-order valence-electron chi connectivity index (χ2n) is 6.92. The fourth-order valence-electron chi connectivity index (χ4n) is 3.33. The van der Waals surface area contributed by atoms with Crippen molar-refractivity contribution in [1.29, 1.82) is 0 Å². The summed E-state index contributed by atoms with van der Waals surface area (Å²) in [5, 5.41) is 15.9. The number of aromatic nitrogens is 2. The molecule has 7 nitrogen and oxygen atoms in total. The quantitative estimate of drug-likeness (QED) is 0.630. The number of carbonyl (C=O) groups excluding carboxylic acids is 2. The van der Waals surface area contributed by atoms with Crippen LogP contribution in [0.15, 0.2) is 42.5 Å². The fraction of sp³-hybridized carbons (Fsp3) is 0.190. The van der Waals surface area contributed by atoms with Crippen LogP contribution in [0.1, 0.15) is 22.5 Å². The lowest BCUT2D eigenvalue weighted by molar-refractivity contribution is -0.137. The van der Waals surface area contributed by atoms with Gasteiger partial charge in [0.15, 0.2) is 5.69 Å². The molecule has 1 atom stereocenters. The molecule has 0 saturated carbocycles. The number of aliphatic hydroxyl groups is 1. The Kier molecular flexibility index (Phi) is 4.53. The summed E-state index contributed by atoms with van der Waals surface area (Å²) >= 11 is 6.12. The minimum absolute atomic E-state index is 0.141. The molecule has 4 rings (SSSR count). The Morgan fingerprint density at radius 1 is 1.31 bits per heavy atom. The number of nitrogens with zero attached hydrogens (tertiary/aromatic N) is 3. The van der Waals surface area contributed by atoms with Crippen LogP contribution in [0.4, 0.5) is 0 Å². The van der Waals surface area contributed by atoms with E-state index in [4.69, 9.17) is 17.3 Å². The first-order valence-corrected chi connectivity index (χ1v) is 9.26. The maximum atomic E-state index is 12.1. The summed E-state index contributed by atoms with van der Waals surface area (Å²) in [5.41, 5.74) is 5.78. The highest BCUT2D eigenvalue weighted by Crippen LogP contribution is 2.26. The molecule has 2 amide bonds. The Balaban J connectivity index is 1.78. The van der Waals surface area contributed by atoms with Crippen LogP contribution >= 0.6 is 11.6 Å². The number of carbonyl (C=O) groups is 2. The summed E-state index contributed by atoms with van der Waals surface area (Å²) < 4.78 is 1.57. The Morgan fingerprint density at radius 3 is 2.79 bits per heavy atom. The van der Waals surface area contributed by atoms with Crippen molar-refractivity contribution in [3.8, 4) is 17.5 Å². The number of amides is 2. The molecule has 0 aliphatic carbocycles. The lowest BCUT2D eigenvalue weighted by atomic mass is 10.0. The van der Waals surface area contributed by atoms with Crippen molar-refractivity contribution in [1.82, 2.24) is 14.7 Å². The van der Waals surface area contributed by atoms with Gasteiger partial charge in [0.25, 0.3) is 11.8 Å². The van der Waals surface area contributed by atoms with Crippen LogP contribution in [0.5, 0.6) is 0 Å². The molecule has 1 aliphatic heterocycles. The molecular weight excluding hydrogens is 392 g/mol. The molecule has 1 aliphatic rings. The lowest BCUT2D eigenvalue weighted by Crippen LogP contribution is -2.37. The van der Waals surface area contributed by atoms with Crippen molar-refractivity contribution in [3.05, 3.63) is 58.7 Å². The first-order chi connectivity index (χ1) is 13.8. The third-order valence-electron chi connectivity index (χ3n) is 4.89. The van der Waals surface area contributed by atoms with Gasteiger partial charge in [0.05, 0.1) is 11.2 Å². The van der Waals surface area contributed by atoms with Crippen molar-refractivity contribution in [3.63, 3.8) is 0 Å². The number of rotatable bonds is 2. The molecule has 1 fully saturated rings. The SMILES string of the molecule is CN1CC[C@@](O)(C#Cc2cccc(-n3nc(C(N)=O)c4ccc(Cl)cc43)c2)C1=O. The Hall–Kier alpha value is -3.34. The maximum absolute atomic E-state index is 12.1. The summed E-state index contributed by atoms with van der Waals surface area (Å²) in [6.07, 6.45) is 0.263. The van der Waals surface area contributed by atoms with Crippen LogP contribution in [-0.4, -0.2) is 50.8 Å². The van der Waals surface area contributed by atoms with Gasteiger partial charge in [-0.25, -0.2) is 4.68 Å². The average Bonchev–Trinajstić information content (AvgIpc) is 3.20. The van der Waals surface area contributed by atoms with Gasteiger partial charge < -0.3 is 15.7 Å². The first-order valence-electron chi connectivity index (χ1n) is 8.88. The minimum Gasteiger partial charge on any atom is -0.369 e. The minimum atomic E-state index is -1.67. The molecule has 3 aromatic rings. The van der Waals surface area contributed by atoms with Crippen molar-refractivity contribution in [2.75, 3.05) is 13.6 Å². The van der Waals surface area contributed by atoms with E-state index in [0.29, 0.717) is 33.7 Å². The zero-order chi connectivity index (χ0) is 20.8. The monoisotopic (exact) mass is 408 g/mol. The predicted molar refractivity (Wildman–Crippen MR) is 109 cm³/mol. The Bertz CT molecular complexity index is 1220. The number of fused-ring (bicyclic) bond motifs is 1. The van der Waals surface area contributed by atoms with Gasteiger partial charge in [0.2, 0.25) is 5.60 Å². The molecule has 0 radical (unpaired) electrons. The highest BCUT2D eigenvalue weighted by atomic mass is 35.5. The highest BCUT2D eigenvalue weighted by molar-refractivity contribution is 6.31. The van der Waals surface area contributed by atoms with Crippen molar-refractivity contribution in [2.45, 2.75) is 12.0 Å². The van der Waals surface area contributed by atoms with E-state index >= 15 is 0 Å². The largest absolute Gasteiger partial charge is 0.369 e. The average molecular weight is 409 g/mol. The molecule has 1 saturated heterocycles. The smallest absolute Gasteiger partial charge is 0.269 e. The number of likely N-dealkylation sites (N-methyl/N-ethyl adjacent to an activating group) is 1. The molecule has 146 valence electrons. The first kappa shape index (κ1) is 19.0. The van der Waals surface area contributed by atoms with Gasteiger partial charge in [-0.05, 0) is 36.4 Å². The number of likely N-dealkylation sites (tertiary alicyclic amines) is 1. The number of primary amides is 1. The highest BCUT2D eigenvalue weighted by Gasteiger charge is 2.42. The topological polar surface area (TPSA) is 101 Å². The standard InChI is InChI=1S/C21H17ClN4O3/c1-25-10-9-21(29,20(25)28)8-7-13-3-2-4-15(11-13)26-17-12-14(22)5-6-16(17)18(24-26)19(23)27/h2-6,11-12,29H,9-10H2,1H3,(H2,23,27)/t21-/m0/s1. The summed E-state index contributed by atoms with van der Waals surface area (Å²) in [6.45, 7) is 0.458. The van der Waals surface area contributed by atoms with Gasteiger partial charge in [-0.2, -0.15) is 5.10 Å². The Labute approximate surface area is 171 Å². The van der Waals surface area contributed by atoms with Crippen molar-refractivity contribution < 1.29 is 14.7 Å². The maximum Gasteiger partial charge on any atom is 0.269 e. The summed E-state index contributed by atoms with van der Waals surface area (Å²) in [6, 6.07) is 12.1. The number of halogens is 1. The number of benzene rings is 2. The van der Waals surface area contributed by atoms with Crippen LogP contribution in [0.2, 0.25) is 5.02 Å². The van der Waals surface area contributed by atoms with Gasteiger partial charge >= 0.3 is 0 Å². The van der Waals surface area contributed by atoms with E-state index in [-0.39, 0.29) is 12.1 Å². The summed E-state index contributed by atoms with van der Waals surface area (Å²) in [4.78, 5) is 25.3. The summed E-state index contributed by atoms with van der Waals surface area (Å²) in [7, 11) is 1.63. The predicted octanol–water partition coefficient (Wildman–Crippen LogP) is 1.72. The van der Waals surface area contributed by atoms with Crippen molar-refractivity contribution >= 4 is 34.3 Å². The van der Waals surface area contributed by atoms with Crippen LogP contribution in [-0.2, 0) is 4.79 Å². The number of hydrogen-bond acceptors (Lipinski definition) is 4. The van der Waals surface area contributed by atoms with E-state index in [1.165, 1.54) is 4.90 Å². The zero-order valence-corrected chi connectivity index (χ0v) is 16.3. The van der Waals surface area contributed by atoms with E-state index in [9.17, 15) is 14.7 Å². The zero-order valence-electron chi connectivity index (χ0n) is 15.5. The van der Waals surface area contributed by atoms with E-state index in [1.807, 2.05) is 0 Å². The third-order valence-corrected chi connectivity index (χ3v) is 5.13. The van der Waals surface area contributed by atoms with E-state index in [1.54, 1.807) is 54.2 Å². The van der Waals surface area contributed by atoms with Crippen LogP contribution in [0.25, 0.3) is 16.6 Å². The molecule has 0 spiro atoms. The normalized spacial score (nSPS) is 18.7. The number of nitrogens with two attached hydrogens (primary N) is 1. The van der Waals surface area contributed by atoms with E-state index in [0.717, 1.165) is 0 Å². The Morgan fingerprint density at radius 2 is 2.10 bits per heavy atom. The van der Waals surface area contributed by atoms with E-state index in [2.05, 4.69) is 16.9 Å². The summed E-state index contributed by atoms with van der Waals surface area (Å²) in [5.74, 6) is 4.52.